The summed E-state index contributed by atoms with van der Waals surface area (Å²) < 4.78 is 0. The Hall–Kier alpha value is -1.92. The van der Waals surface area contributed by atoms with E-state index >= 15 is 0 Å². The molecule has 0 aromatic rings. The highest BCUT2D eigenvalue weighted by molar-refractivity contribution is 6.06. The van der Waals surface area contributed by atoms with Gasteiger partial charge in [-0.1, -0.05) is 13.8 Å². The third-order valence-electron chi connectivity index (χ3n) is 3.25. The van der Waals surface area contributed by atoms with Gasteiger partial charge in [-0.2, -0.15) is 0 Å². The van der Waals surface area contributed by atoms with Gasteiger partial charge in [-0.3, -0.25) is 24.1 Å². The molecule has 0 spiro atoms. The van der Waals surface area contributed by atoms with E-state index in [0.717, 1.165) is 4.90 Å². The minimum absolute atomic E-state index is 0.0742. The average molecular weight is 256 g/mol. The van der Waals surface area contributed by atoms with Crippen molar-refractivity contribution in [2.45, 2.75) is 26.3 Å². The number of carboxylic acids is 1. The van der Waals surface area contributed by atoms with Crippen LogP contribution in [-0.2, 0) is 19.2 Å². The van der Waals surface area contributed by atoms with Gasteiger partial charge in [0.15, 0.2) is 0 Å². The second kappa shape index (κ2) is 5.16. The van der Waals surface area contributed by atoms with Crippen molar-refractivity contribution in [2.75, 3.05) is 7.05 Å². The Morgan fingerprint density at radius 1 is 1.33 bits per heavy atom. The van der Waals surface area contributed by atoms with Gasteiger partial charge in [-0.25, -0.2) is 0 Å². The molecule has 1 aliphatic heterocycles. The molecule has 7 heteroatoms. The van der Waals surface area contributed by atoms with Gasteiger partial charge in [-0.05, 0) is 0 Å². The second-order valence-corrected chi connectivity index (χ2v) is 4.47. The molecule has 3 unspecified atom stereocenters. The van der Waals surface area contributed by atoms with E-state index in [2.05, 4.69) is 5.32 Å². The van der Waals surface area contributed by atoms with Crippen LogP contribution < -0.4 is 5.32 Å². The van der Waals surface area contributed by atoms with Gasteiger partial charge in [0.2, 0.25) is 11.8 Å². The van der Waals surface area contributed by atoms with Crippen molar-refractivity contribution in [3.63, 3.8) is 0 Å². The topological polar surface area (TPSA) is 104 Å². The minimum Gasteiger partial charge on any atom is -0.481 e. The van der Waals surface area contributed by atoms with Gasteiger partial charge in [0, 0.05) is 13.0 Å². The van der Waals surface area contributed by atoms with Crippen LogP contribution in [0.15, 0.2) is 0 Å². The third-order valence-corrected chi connectivity index (χ3v) is 3.25. The molecular weight excluding hydrogens is 240 g/mol. The second-order valence-electron chi connectivity index (χ2n) is 4.47. The van der Waals surface area contributed by atoms with Gasteiger partial charge >= 0.3 is 5.97 Å². The van der Waals surface area contributed by atoms with E-state index in [1.165, 1.54) is 20.9 Å². The zero-order valence-corrected chi connectivity index (χ0v) is 10.5. The van der Waals surface area contributed by atoms with Gasteiger partial charge in [0.25, 0.3) is 5.91 Å². The normalized spacial score (nSPS) is 22.8. The highest BCUT2D eigenvalue weighted by Crippen LogP contribution is 2.15. The summed E-state index contributed by atoms with van der Waals surface area (Å²) in [5.41, 5.74) is 0. The van der Waals surface area contributed by atoms with Gasteiger partial charge in [0.1, 0.15) is 6.04 Å². The van der Waals surface area contributed by atoms with Gasteiger partial charge in [-0.15, -0.1) is 0 Å². The van der Waals surface area contributed by atoms with E-state index in [-0.39, 0.29) is 12.3 Å². The summed E-state index contributed by atoms with van der Waals surface area (Å²) in [6.45, 7) is 2.89. The number of amides is 3. The van der Waals surface area contributed by atoms with E-state index < -0.39 is 35.7 Å². The Kier molecular flexibility index (Phi) is 4.05. The predicted molar refractivity (Wildman–Crippen MR) is 60.3 cm³/mol. The molecule has 18 heavy (non-hydrogen) atoms. The smallest absolute Gasteiger partial charge is 0.307 e. The van der Waals surface area contributed by atoms with Crippen molar-refractivity contribution in [3.05, 3.63) is 0 Å². The number of carbonyl (C=O) groups excluding carboxylic acids is 3. The standard InChI is InChI=1S/C11H16N2O5/c1-5(6(2)11(17)18)9(15)12-7-4-8(14)13(3)10(7)16/h5-7H,4H2,1-3H3,(H,12,15)(H,17,18). The first-order chi connectivity index (χ1) is 8.25. The number of likely N-dealkylation sites (tertiary alicyclic amines) is 1. The van der Waals surface area contributed by atoms with E-state index in [4.69, 9.17) is 5.11 Å². The molecule has 2 N–H and O–H groups in total. The van der Waals surface area contributed by atoms with E-state index in [9.17, 15) is 19.2 Å². The van der Waals surface area contributed by atoms with Crippen LogP contribution in [0.1, 0.15) is 20.3 Å². The summed E-state index contributed by atoms with van der Waals surface area (Å²) in [4.78, 5) is 46.2. The van der Waals surface area contributed by atoms with Crippen LogP contribution in [0.2, 0.25) is 0 Å². The van der Waals surface area contributed by atoms with Crippen molar-refractivity contribution in [3.8, 4) is 0 Å². The molecular formula is C11H16N2O5. The summed E-state index contributed by atoms with van der Waals surface area (Å²) >= 11 is 0. The lowest BCUT2D eigenvalue weighted by Gasteiger charge is -2.18. The molecule has 1 fully saturated rings. The lowest BCUT2D eigenvalue weighted by molar-refractivity contribution is -0.146. The lowest BCUT2D eigenvalue weighted by Crippen LogP contribution is -2.44. The lowest BCUT2D eigenvalue weighted by atomic mass is 9.95. The number of hydrogen-bond donors (Lipinski definition) is 2. The molecule has 1 saturated heterocycles. The van der Waals surface area contributed by atoms with Crippen LogP contribution >= 0.6 is 0 Å². The van der Waals surface area contributed by atoms with Crippen LogP contribution in [0, 0.1) is 11.8 Å². The number of nitrogens with one attached hydrogen (secondary N) is 1. The first kappa shape index (κ1) is 14.1. The molecule has 3 amide bonds. The summed E-state index contributed by atoms with van der Waals surface area (Å²) in [6, 6.07) is -0.876. The van der Waals surface area contributed by atoms with Crippen LogP contribution in [0.3, 0.4) is 0 Å². The number of carbonyl (C=O) groups is 4. The van der Waals surface area contributed by atoms with Crippen LogP contribution in [0.4, 0.5) is 0 Å². The van der Waals surface area contributed by atoms with Crippen molar-refractivity contribution < 1.29 is 24.3 Å². The zero-order valence-electron chi connectivity index (χ0n) is 10.5. The number of carboxylic acid groups (broad SMARTS) is 1. The fourth-order valence-corrected chi connectivity index (χ4v) is 1.61. The SMILES string of the molecule is CC(C(=O)O)C(C)C(=O)NC1CC(=O)N(C)C1=O. The molecule has 7 nitrogen and oxygen atoms in total. The Bertz CT molecular complexity index is 406. The number of likely N-dealkylation sites (N-methyl/N-ethyl adjacent to an activating group) is 1. The van der Waals surface area contributed by atoms with E-state index in [1.54, 1.807) is 0 Å². The minimum atomic E-state index is -1.08. The van der Waals surface area contributed by atoms with Crippen LogP contribution in [0.5, 0.6) is 0 Å². The third kappa shape index (κ3) is 2.66. The molecule has 1 heterocycles. The predicted octanol–water partition coefficient (Wildman–Crippen LogP) is -0.783. The van der Waals surface area contributed by atoms with Gasteiger partial charge in [0.05, 0.1) is 12.3 Å². The number of nitrogens with zero attached hydrogens (tertiary/aromatic N) is 1. The van der Waals surface area contributed by atoms with Crippen molar-refractivity contribution >= 4 is 23.7 Å². The Labute approximate surface area is 104 Å². The molecule has 0 aliphatic carbocycles. The molecule has 100 valence electrons. The Morgan fingerprint density at radius 2 is 1.89 bits per heavy atom. The highest BCUT2D eigenvalue weighted by Gasteiger charge is 2.38. The number of imide groups is 1. The maximum atomic E-state index is 11.7. The molecule has 0 radical (unpaired) electrons. The molecule has 0 aromatic carbocycles. The van der Waals surface area contributed by atoms with Crippen LogP contribution in [-0.4, -0.2) is 46.8 Å². The fraction of sp³-hybridized carbons (Fsp3) is 0.636. The first-order valence-corrected chi connectivity index (χ1v) is 5.59. The molecule has 0 aromatic heterocycles. The van der Waals surface area contributed by atoms with E-state index in [0.29, 0.717) is 0 Å². The van der Waals surface area contributed by atoms with E-state index in [1.807, 2.05) is 0 Å². The fourth-order valence-electron chi connectivity index (χ4n) is 1.61. The van der Waals surface area contributed by atoms with Gasteiger partial charge < -0.3 is 10.4 Å². The molecule has 1 rings (SSSR count). The molecule has 3 atom stereocenters. The van der Waals surface area contributed by atoms with Crippen molar-refractivity contribution in [2.24, 2.45) is 11.8 Å². The first-order valence-electron chi connectivity index (χ1n) is 5.59. The largest absolute Gasteiger partial charge is 0.481 e. The van der Waals surface area contributed by atoms with Crippen molar-refractivity contribution in [1.29, 1.82) is 0 Å². The monoisotopic (exact) mass is 256 g/mol. The highest BCUT2D eigenvalue weighted by atomic mass is 16.4. The number of hydrogen-bond acceptors (Lipinski definition) is 4. The average Bonchev–Trinajstić information content (AvgIpc) is 2.54. The summed E-state index contributed by atoms with van der Waals surface area (Å²) in [5, 5.41) is 11.2. The Morgan fingerprint density at radius 3 is 2.28 bits per heavy atom. The number of aliphatic carboxylic acids is 1. The molecule has 1 aliphatic rings. The maximum Gasteiger partial charge on any atom is 0.307 e. The quantitative estimate of drug-likeness (QED) is 0.642. The summed E-state index contributed by atoms with van der Waals surface area (Å²) in [5.74, 6) is -4.06. The zero-order chi connectivity index (χ0) is 14.0. The maximum absolute atomic E-state index is 11.7. The Balaban J connectivity index is 2.64. The van der Waals surface area contributed by atoms with Crippen molar-refractivity contribution in [1.82, 2.24) is 10.2 Å². The summed E-state index contributed by atoms with van der Waals surface area (Å²) in [7, 11) is 1.35. The van der Waals surface area contributed by atoms with Crippen LogP contribution in [0.25, 0.3) is 0 Å². The number of rotatable bonds is 4. The molecule has 0 saturated carbocycles. The summed E-state index contributed by atoms with van der Waals surface area (Å²) in [6.07, 6.45) is -0.0742. The molecule has 0 bridgehead atoms.